The summed E-state index contributed by atoms with van der Waals surface area (Å²) in [5, 5.41) is 14.1. The Morgan fingerprint density at radius 3 is 2.22 bits per heavy atom. The Kier molecular flexibility index (Phi) is 6.55. The van der Waals surface area contributed by atoms with Crippen LogP contribution >= 0.6 is 0 Å². The van der Waals surface area contributed by atoms with E-state index in [4.69, 9.17) is 4.74 Å². The van der Waals surface area contributed by atoms with E-state index in [1.54, 1.807) is 13.0 Å². The second kappa shape index (κ2) is 8.66. The van der Waals surface area contributed by atoms with E-state index in [1.807, 2.05) is 18.2 Å². The number of nitrogens with zero attached hydrogens (tertiary/aromatic N) is 1. The van der Waals surface area contributed by atoms with Crippen LogP contribution in [-0.4, -0.2) is 17.4 Å². The number of ether oxygens (including phenoxy) is 1. The summed E-state index contributed by atoms with van der Waals surface area (Å²) in [6, 6.07) is 10.6. The molecule has 6 heteroatoms. The number of para-hydroxylation sites is 1. The predicted molar refractivity (Wildman–Crippen MR) is 107 cm³/mol. The Balaban J connectivity index is 2.19. The number of nitrogens with one attached hydrogen (secondary N) is 1. The van der Waals surface area contributed by atoms with Crippen LogP contribution < -0.4 is 10.1 Å². The van der Waals surface area contributed by atoms with Crippen LogP contribution in [0, 0.1) is 17.0 Å². The van der Waals surface area contributed by atoms with Crippen LogP contribution in [-0.2, 0) is 4.79 Å². The van der Waals surface area contributed by atoms with E-state index in [0.29, 0.717) is 0 Å². The van der Waals surface area contributed by atoms with Gasteiger partial charge in [-0.05, 0) is 41.5 Å². The summed E-state index contributed by atoms with van der Waals surface area (Å²) in [5.74, 6) is 0.234. The number of hydrogen-bond donors (Lipinski definition) is 1. The molecular weight excluding hydrogens is 344 g/mol. The molecule has 0 unspecified atom stereocenters. The van der Waals surface area contributed by atoms with Gasteiger partial charge in [-0.25, -0.2) is 0 Å². The molecule has 2 aromatic rings. The van der Waals surface area contributed by atoms with E-state index in [0.717, 1.165) is 22.4 Å². The molecule has 0 heterocycles. The van der Waals surface area contributed by atoms with E-state index in [1.165, 1.54) is 12.1 Å². The SMILES string of the molecule is Cc1ccc(OCC(=O)Nc2c(C(C)C)cccc2C(C)C)c([N+](=O)[O-])c1. The van der Waals surface area contributed by atoms with E-state index < -0.39 is 4.92 Å². The molecule has 0 spiro atoms. The maximum atomic E-state index is 12.5. The molecule has 0 radical (unpaired) electrons. The third kappa shape index (κ3) is 5.06. The van der Waals surface area contributed by atoms with Crippen molar-refractivity contribution in [3.8, 4) is 5.75 Å². The van der Waals surface area contributed by atoms with Crippen LogP contribution in [0.4, 0.5) is 11.4 Å². The van der Waals surface area contributed by atoms with Gasteiger partial charge in [0, 0.05) is 11.8 Å². The van der Waals surface area contributed by atoms with Gasteiger partial charge in [-0.1, -0.05) is 52.0 Å². The molecule has 6 nitrogen and oxygen atoms in total. The Morgan fingerprint density at radius 1 is 1.11 bits per heavy atom. The molecule has 2 rings (SSSR count). The fraction of sp³-hybridized carbons (Fsp3) is 0.381. The zero-order chi connectivity index (χ0) is 20.1. The van der Waals surface area contributed by atoms with Gasteiger partial charge in [-0.2, -0.15) is 0 Å². The highest BCUT2D eigenvalue weighted by Crippen LogP contribution is 2.32. The maximum Gasteiger partial charge on any atom is 0.311 e. The first-order valence-corrected chi connectivity index (χ1v) is 9.01. The number of carbonyl (C=O) groups is 1. The Labute approximate surface area is 159 Å². The molecule has 0 atom stereocenters. The van der Waals surface area contributed by atoms with Gasteiger partial charge in [0.2, 0.25) is 0 Å². The molecule has 0 bridgehead atoms. The minimum absolute atomic E-state index is 0.0852. The van der Waals surface area contributed by atoms with Gasteiger partial charge in [0.1, 0.15) is 0 Å². The molecular formula is C21H26N2O4. The molecule has 0 saturated heterocycles. The lowest BCUT2D eigenvalue weighted by atomic mass is 9.92. The molecule has 27 heavy (non-hydrogen) atoms. The fourth-order valence-corrected chi connectivity index (χ4v) is 2.91. The predicted octanol–water partition coefficient (Wildman–Crippen LogP) is 5.17. The Bertz CT molecular complexity index is 818. The highest BCUT2D eigenvalue weighted by Gasteiger charge is 2.19. The van der Waals surface area contributed by atoms with Gasteiger partial charge >= 0.3 is 5.69 Å². The summed E-state index contributed by atoms with van der Waals surface area (Å²) in [5.41, 5.74) is 3.51. The summed E-state index contributed by atoms with van der Waals surface area (Å²) in [6.07, 6.45) is 0. The summed E-state index contributed by atoms with van der Waals surface area (Å²) >= 11 is 0. The van der Waals surface area contributed by atoms with Gasteiger partial charge in [0.25, 0.3) is 5.91 Å². The van der Waals surface area contributed by atoms with Gasteiger partial charge in [0.15, 0.2) is 12.4 Å². The number of benzene rings is 2. The molecule has 0 fully saturated rings. The molecule has 1 N–H and O–H groups in total. The van der Waals surface area contributed by atoms with Crippen molar-refractivity contribution in [2.45, 2.75) is 46.5 Å². The third-order valence-electron chi connectivity index (χ3n) is 4.31. The lowest BCUT2D eigenvalue weighted by Gasteiger charge is -2.20. The van der Waals surface area contributed by atoms with Crippen LogP contribution in [0.15, 0.2) is 36.4 Å². The van der Waals surface area contributed by atoms with Crippen molar-refractivity contribution in [1.82, 2.24) is 0 Å². The Hall–Kier alpha value is -2.89. The van der Waals surface area contributed by atoms with E-state index in [2.05, 4.69) is 33.0 Å². The number of aryl methyl sites for hydroxylation is 1. The number of nitro benzene ring substituents is 1. The van der Waals surface area contributed by atoms with Crippen LogP contribution in [0.2, 0.25) is 0 Å². The first kappa shape index (κ1) is 20.4. The van der Waals surface area contributed by atoms with E-state index in [-0.39, 0.29) is 35.8 Å². The summed E-state index contributed by atoms with van der Waals surface area (Å²) in [7, 11) is 0. The standard InChI is InChI=1S/C21H26N2O4/c1-13(2)16-7-6-8-17(14(3)4)21(16)22-20(24)12-27-19-10-9-15(5)11-18(19)23(25)26/h6-11,13-14H,12H2,1-5H3,(H,22,24). The van der Waals surface area contributed by atoms with Crippen molar-refractivity contribution in [2.24, 2.45) is 0 Å². The lowest BCUT2D eigenvalue weighted by molar-refractivity contribution is -0.385. The molecule has 144 valence electrons. The molecule has 2 aromatic carbocycles. The Morgan fingerprint density at radius 2 is 1.70 bits per heavy atom. The summed E-state index contributed by atoms with van der Waals surface area (Å²) < 4.78 is 5.43. The maximum absolute atomic E-state index is 12.5. The normalized spacial score (nSPS) is 10.9. The van der Waals surface area contributed by atoms with Crippen molar-refractivity contribution in [1.29, 1.82) is 0 Å². The first-order valence-electron chi connectivity index (χ1n) is 9.01. The fourth-order valence-electron chi connectivity index (χ4n) is 2.91. The average Bonchev–Trinajstić information content (AvgIpc) is 2.60. The first-order chi connectivity index (χ1) is 12.7. The van der Waals surface area contributed by atoms with Crippen LogP contribution in [0.5, 0.6) is 5.75 Å². The molecule has 0 aliphatic carbocycles. The lowest BCUT2D eigenvalue weighted by Crippen LogP contribution is -2.22. The number of nitro groups is 1. The molecule has 0 aliphatic rings. The highest BCUT2D eigenvalue weighted by atomic mass is 16.6. The topological polar surface area (TPSA) is 81.5 Å². The quantitative estimate of drug-likeness (QED) is 0.538. The third-order valence-corrected chi connectivity index (χ3v) is 4.31. The average molecular weight is 370 g/mol. The molecule has 0 saturated carbocycles. The van der Waals surface area contributed by atoms with Crippen LogP contribution in [0.3, 0.4) is 0 Å². The second-order valence-electron chi connectivity index (χ2n) is 7.19. The van der Waals surface area contributed by atoms with Crippen LogP contribution in [0.1, 0.15) is 56.2 Å². The van der Waals surface area contributed by atoms with Gasteiger partial charge < -0.3 is 10.1 Å². The van der Waals surface area contributed by atoms with Crippen molar-refractivity contribution in [2.75, 3.05) is 11.9 Å². The smallest absolute Gasteiger partial charge is 0.311 e. The zero-order valence-electron chi connectivity index (χ0n) is 16.4. The van der Waals surface area contributed by atoms with E-state index in [9.17, 15) is 14.9 Å². The minimum atomic E-state index is -0.509. The number of amides is 1. The van der Waals surface area contributed by atoms with Crippen molar-refractivity contribution < 1.29 is 14.5 Å². The molecule has 0 aliphatic heterocycles. The van der Waals surface area contributed by atoms with Gasteiger partial charge in [0.05, 0.1) is 4.92 Å². The number of hydrogen-bond acceptors (Lipinski definition) is 4. The minimum Gasteiger partial charge on any atom is -0.477 e. The van der Waals surface area contributed by atoms with Crippen LogP contribution in [0.25, 0.3) is 0 Å². The van der Waals surface area contributed by atoms with Crippen molar-refractivity contribution in [3.05, 3.63) is 63.2 Å². The largest absolute Gasteiger partial charge is 0.477 e. The molecule has 0 aromatic heterocycles. The number of rotatable bonds is 7. The van der Waals surface area contributed by atoms with Gasteiger partial charge in [-0.3, -0.25) is 14.9 Å². The van der Waals surface area contributed by atoms with Gasteiger partial charge in [-0.15, -0.1) is 0 Å². The number of anilines is 1. The molecule has 1 amide bonds. The second-order valence-corrected chi connectivity index (χ2v) is 7.19. The van der Waals surface area contributed by atoms with Crippen molar-refractivity contribution in [3.63, 3.8) is 0 Å². The van der Waals surface area contributed by atoms with Crippen molar-refractivity contribution >= 4 is 17.3 Å². The highest BCUT2D eigenvalue weighted by molar-refractivity contribution is 5.93. The summed E-state index contributed by atoms with van der Waals surface area (Å²) in [4.78, 5) is 23.1. The number of carbonyl (C=O) groups excluding carboxylic acids is 1. The van der Waals surface area contributed by atoms with E-state index >= 15 is 0 Å². The monoisotopic (exact) mass is 370 g/mol. The zero-order valence-corrected chi connectivity index (χ0v) is 16.4. The summed E-state index contributed by atoms with van der Waals surface area (Å²) in [6.45, 7) is 9.75.